The molecule has 158 valence electrons. The van der Waals surface area contributed by atoms with Gasteiger partial charge in [0.05, 0.1) is 35.5 Å². The molecule has 3 aromatic rings. The molecular weight excluding hydrogens is 413 g/mol. The summed E-state index contributed by atoms with van der Waals surface area (Å²) in [6.07, 6.45) is 1.49. The lowest BCUT2D eigenvalue weighted by Crippen LogP contribution is -2.38. The number of nitrogens with two attached hydrogens (primary N) is 1. The van der Waals surface area contributed by atoms with Crippen LogP contribution in [0.2, 0.25) is 0 Å². The van der Waals surface area contributed by atoms with E-state index in [4.69, 9.17) is 5.73 Å². The van der Waals surface area contributed by atoms with Crippen LogP contribution in [0.3, 0.4) is 0 Å². The Bertz CT molecular complexity index is 1350. The van der Waals surface area contributed by atoms with Gasteiger partial charge in [0, 0.05) is 11.1 Å². The SMILES string of the molecule is Cc1cc(C#N)cc(C(=O)c2c(C(C)C)c(=O)[nH]c(=O)n2Cc2cc(N)cnc2P)c1. The minimum Gasteiger partial charge on any atom is -0.397 e. The molecule has 0 aliphatic carbocycles. The lowest BCUT2D eigenvalue weighted by molar-refractivity contribution is 0.102. The highest BCUT2D eigenvalue weighted by atomic mass is 31.0. The van der Waals surface area contributed by atoms with Gasteiger partial charge < -0.3 is 5.73 Å². The molecular formula is C22H22N5O3P. The van der Waals surface area contributed by atoms with Gasteiger partial charge in [0.1, 0.15) is 5.69 Å². The first-order chi connectivity index (χ1) is 14.6. The van der Waals surface area contributed by atoms with Crippen LogP contribution in [-0.4, -0.2) is 20.3 Å². The maximum absolute atomic E-state index is 13.6. The Morgan fingerprint density at radius 1 is 1.29 bits per heavy atom. The van der Waals surface area contributed by atoms with E-state index in [1.54, 1.807) is 39.0 Å². The number of nitrogens with one attached hydrogen (secondary N) is 1. The minimum absolute atomic E-state index is 0.00920. The van der Waals surface area contributed by atoms with Crippen molar-refractivity contribution in [2.45, 2.75) is 33.2 Å². The fraction of sp³-hybridized carbons (Fsp3) is 0.227. The van der Waals surface area contributed by atoms with Gasteiger partial charge in [-0.25, -0.2) is 4.79 Å². The Hall–Kier alpha value is -3.56. The van der Waals surface area contributed by atoms with Crippen molar-refractivity contribution in [2.75, 3.05) is 5.73 Å². The minimum atomic E-state index is -0.710. The van der Waals surface area contributed by atoms with Gasteiger partial charge in [0.25, 0.3) is 5.56 Å². The van der Waals surface area contributed by atoms with E-state index in [1.165, 1.54) is 16.8 Å². The Morgan fingerprint density at radius 3 is 2.65 bits per heavy atom. The van der Waals surface area contributed by atoms with E-state index in [0.29, 0.717) is 22.2 Å². The van der Waals surface area contributed by atoms with Gasteiger partial charge in [-0.1, -0.05) is 23.1 Å². The van der Waals surface area contributed by atoms with Crippen molar-refractivity contribution in [1.29, 1.82) is 5.26 Å². The molecule has 0 saturated carbocycles. The average Bonchev–Trinajstić information content (AvgIpc) is 2.70. The molecule has 0 saturated heterocycles. The number of carbonyl (C=O) groups excluding carboxylic acids is 1. The van der Waals surface area contributed by atoms with E-state index >= 15 is 0 Å². The summed E-state index contributed by atoms with van der Waals surface area (Å²) in [6, 6.07) is 8.44. The standard InChI is InChI=1S/C22H22N5O3P/c1-11(2)17-18(19(28)14-5-12(3)4-13(6-14)8-23)27(22(30)26-20(17)29)10-15-7-16(24)9-25-21(15)31/h4-7,9,11H,10,24,31H2,1-3H3,(H,26,29,30). The molecule has 31 heavy (non-hydrogen) atoms. The smallest absolute Gasteiger partial charge is 0.329 e. The zero-order valence-corrected chi connectivity index (χ0v) is 18.5. The maximum atomic E-state index is 13.6. The Balaban J connectivity index is 2.32. The number of hydrogen-bond acceptors (Lipinski definition) is 6. The van der Waals surface area contributed by atoms with Crippen LogP contribution in [0.5, 0.6) is 0 Å². The van der Waals surface area contributed by atoms with Crippen LogP contribution in [0, 0.1) is 18.3 Å². The second kappa shape index (κ2) is 8.66. The van der Waals surface area contributed by atoms with Crippen LogP contribution in [0.15, 0.2) is 40.1 Å². The molecule has 9 heteroatoms. The predicted octanol–water partition coefficient (Wildman–Crippen LogP) is 1.60. The highest BCUT2D eigenvalue weighted by molar-refractivity contribution is 7.27. The maximum Gasteiger partial charge on any atom is 0.329 e. The number of aromatic nitrogens is 3. The number of hydrogen-bond donors (Lipinski definition) is 2. The van der Waals surface area contributed by atoms with E-state index < -0.39 is 17.0 Å². The molecule has 0 aliphatic rings. The largest absolute Gasteiger partial charge is 0.397 e. The van der Waals surface area contributed by atoms with Crippen molar-refractivity contribution >= 4 is 26.1 Å². The molecule has 0 fully saturated rings. The van der Waals surface area contributed by atoms with Crippen molar-refractivity contribution in [2.24, 2.45) is 0 Å². The average molecular weight is 435 g/mol. The number of nitrogen functional groups attached to an aromatic ring is 1. The lowest BCUT2D eigenvalue weighted by atomic mass is 9.95. The molecule has 8 nitrogen and oxygen atoms in total. The summed E-state index contributed by atoms with van der Waals surface area (Å²) in [6.45, 7) is 5.31. The topological polar surface area (TPSA) is 135 Å². The number of carbonyl (C=O) groups is 1. The first-order valence-electron chi connectivity index (χ1n) is 9.55. The number of rotatable bonds is 5. The number of benzene rings is 1. The van der Waals surface area contributed by atoms with Crippen LogP contribution in [0.25, 0.3) is 0 Å². The number of aryl methyl sites for hydroxylation is 1. The number of H-pyrrole nitrogens is 1. The molecule has 0 spiro atoms. The quantitative estimate of drug-likeness (QED) is 0.462. The zero-order chi connectivity index (χ0) is 22.9. The number of pyridine rings is 1. The molecule has 0 bridgehead atoms. The van der Waals surface area contributed by atoms with Gasteiger partial charge in [-0.15, -0.1) is 0 Å². The summed E-state index contributed by atoms with van der Waals surface area (Å²) in [4.78, 5) is 45.5. The molecule has 0 amide bonds. The Kier molecular flexibility index (Phi) is 6.19. The van der Waals surface area contributed by atoms with Gasteiger partial charge >= 0.3 is 5.69 Å². The van der Waals surface area contributed by atoms with Crippen LogP contribution < -0.4 is 22.4 Å². The van der Waals surface area contributed by atoms with E-state index in [9.17, 15) is 19.6 Å². The molecule has 2 aromatic heterocycles. The second-order valence-electron chi connectivity index (χ2n) is 7.60. The second-order valence-corrected chi connectivity index (χ2v) is 8.15. The van der Waals surface area contributed by atoms with Crippen molar-refractivity contribution in [3.63, 3.8) is 0 Å². The van der Waals surface area contributed by atoms with Crippen molar-refractivity contribution in [3.8, 4) is 6.07 Å². The van der Waals surface area contributed by atoms with Gasteiger partial charge in [-0.05, 0) is 48.2 Å². The fourth-order valence-corrected chi connectivity index (χ4v) is 3.72. The van der Waals surface area contributed by atoms with Gasteiger partial charge in [-0.2, -0.15) is 5.26 Å². The number of nitriles is 1. The number of anilines is 1. The summed E-state index contributed by atoms with van der Waals surface area (Å²) < 4.78 is 1.23. The Morgan fingerprint density at radius 2 is 2.00 bits per heavy atom. The summed E-state index contributed by atoms with van der Waals surface area (Å²) in [7, 11) is 2.47. The van der Waals surface area contributed by atoms with Crippen LogP contribution in [0.1, 0.15) is 58.1 Å². The lowest BCUT2D eigenvalue weighted by Gasteiger charge is -2.18. The number of aromatic amines is 1. The zero-order valence-electron chi connectivity index (χ0n) is 17.4. The van der Waals surface area contributed by atoms with E-state index in [1.807, 2.05) is 6.07 Å². The molecule has 3 rings (SSSR count). The molecule has 2 heterocycles. The third kappa shape index (κ3) is 4.47. The normalized spacial score (nSPS) is 10.8. The molecule has 3 N–H and O–H groups in total. The first-order valence-corrected chi connectivity index (χ1v) is 10.1. The van der Waals surface area contributed by atoms with E-state index in [-0.39, 0.29) is 29.3 Å². The Labute approximate surface area is 181 Å². The van der Waals surface area contributed by atoms with E-state index in [0.717, 1.165) is 5.56 Å². The van der Waals surface area contributed by atoms with Gasteiger partial charge in [0.15, 0.2) is 0 Å². The fourth-order valence-electron chi connectivity index (χ4n) is 3.47. The molecule has 0 aliphatic heterocycles. The highest BCUT2D eigenvalue weighted by Gasteiger charge is 2.25. The molecule has 1 unspecified atom stereocenters. The summed E-state index contributed by atoms with van der Waals surface area (Å²) in [5, 5.41) is 9.28. The third-order valence-corrected chi connectivity index (χ3v) is 5.37. The van der Waals surface area contributed by atoms with Crippen molar-refractivity contribution in [3.05, 3.63) is 84.8 Å². The summed E-state index contributed by atoms with van der Waals surface area (Å²) >= 11 is 0. The molecule has 1 aromatic carbocycles. The van der Waals surface area contributed by atoms with Gasteiger partial charge in [-0.3, -0.25) is 24.1 Å². The predicted molar refractivity (Wildman–Crippen MR) is 122 cm³/mol. The number of nitrogens with zero attached hydrogens (tertiary/aromatic N) is 3. The molecule has 0 radical (unpaired) electrons. The van der Waals surface area contributed by atoms with Crippen LogP contribution in [-0.2, 0) is 6.54 Å². The van der Waals surface area contributed by atoms with Gasteiger partial charge in [0.2, 0.25) is 5.78 Å². The monoisotopic (exact) mass is 435 g/mol. The van der Waals surface area contributed by atoms with Crippen LogP contribution >= 0.6 is 9.24 Å². The summed E-state index contributed by atoms with van der Waals surface area (Å²) in [5.74, 6) is -0.835. The van der Waals surface area contributed by atoms with Crippen molar-refractivity contribution in [1.82, 2.24) is 14.5 Å². The first kappa shape index (κ1) is 22.1. The number of ketones is 1. The molecule has 1 atom stereocenters. The van der Waals surface area contributed by atoms with Crippen LogP contribution in [0.4, 0.5) is 5.69 Å². The summed E-state index contributed by atoms with van der Waals surface area (Å²) in [5.41, 5.74) is 7.59. The van der Waals surface area contributed by atoms with Crippen molar-refractivity contribution < 1.29 is 4.79 Å². The third-order valence-electron chi connectivity index (χ3n) is 4.85. The van der Waals surface area contributed by atoms with E-state index in [2.05, 4.69) is 19.2 Å². The highest BCUT2D eigenvalue weighted by Crippen LogP contribution is 2.21.